The summed E-state index contributed by atoms with van der Waals surface area (Å²) in [6, 6.07) is 0. The highest BCUT2D eigenvalue weighted by atomic mass is 32.2. The molecule has 0 aliphatic carbocycles. The largest absolute Gasteiger partial charge is 0.383 e. The molecule has 1 amide bonds. The van der Waals surface area contributed by atoms with E-state index in [1.54, 1.807) is 0 Å². The zero-order valence-corrected chi connectivity index (χ0v) is 9.00. The second-order valence-corrected chi connectivity index (χ2v) is 4.27. The highest BCUT2D eigenvalue weighted by molar-refractivity contribution is 8.13. The van der Waals surface area contributed by atoms with E-state index in [4.69, 9.17) is 18.0 Å². The number of nitrogens with two attached hydrogens (primary N) is 1. The molecule has 1 aromatic heterocycles. The topological polar surface area (TPSA) is 101 Å². The van der Waals surface area contributed by atoms with Gasteiger partial charge in [-0.15, -0.1) is 0 Å². The number of carbonyl (C=O) groups excluding carboxylic acids is 2. The van der Waals surface area contributed by atoms with Gasteiger partial charge in [0.25, 0.3) is 0 Å². The quantitative estimate of drug-likeness (QED) is 0.351. The van der Waals surface area contributed by atoms with E-state index in [0.717, 1.165) is 11.8 Å². The number of nitrogen functional groups attached to an aromatic ring is 1. The third kappa shape index (κ3) is 2.00. The minimum absolute atomic E-state index is 0.183. The van der Waals surface area contributed by atoms with Gasteiger partial charge in [-0.2, -0.15) is 0 Å². The van der Waals surface area contributed by atoms with Gasteiger partial charge in [0.15, 0.2) is 4.77 Å². The monoisotopic (exact) mass is 242 g/mol. The van der Waals surface area contributed by atoms with Gasteiger partial charge in [0.2, 0.25) is 11.0 Å². The molecule has 1 aliphatic heterocycles. The number of hydrogen-bond donors (Lipinski definition) is 3. The molecule has 1 aliphatic rings. The van der Waals surface area contributed by atoms with Crippen LogP contribution in [-0.4, -0.2) is 21.0 Å². The summed E-state index contributed by atoms with van der Waals surface area (Å²) in [5, 5.41) is 2.56. The molecule has 0 unspecified atom stereocenters. The van der Waals surface area contributed by atoms with Crippen LogP contribution in [0.15, 0.2) is 5.03 Å². The zero-order chi connectivity index (χ0) is 11.0. The summed E-state index contributed by atoms with van der Waals surface area (Å²) in [7, 11) is 0. The molecule has 6 nitrogen and oxygen atoms in total. The lowest BCUT2D eigenvalue weighted by atomic mass is 10.4. The first-order chi connectivity index (χ1) is 7.06. The van der Waals surface area contributed by atoms with Gasteiger partial charge < -0.3 is 16.0 Å². The number of fused-ring (bicyclic) bond motifs is 1. The van der Waals surface area contributed by atoms with Gasteiger partial charge in [-0.25, -0.2) is 4.98 Å². The standard InChI is InChI=1S/C7H6N4O2S2/c8-5-4-6(11-7(14)10-5)15-3(13)1-2(12)9-4/h1H2,(H,9,12)(H3,8,10,11,14). The van der Waals surface area contributed by atoms with E-state index in [2.05, 4.69) is 15.3 Å². The molecular weight excluding hydrogens is 236 g/mol. The van der Waals surface area contributed by atoms with E-state index in [1.807, 2.05) is 0 Å². The molecule has 78 valence electrons. The Morgan fingerprint density at radius 3 is 2.93 bits per heavy atom. The average Bonchev–Trinajstić information content (AvgIpc) is 2.22. The molecule has 0 aromatic carbocycles. The van der Waals surface area contributed by atoms with E-state index in [-0.39, 0.29) is 22.1 Å². The molecule has 0 radical (unpaired) electrons. The Morgan fingerprint density at radius 2 is 2.20 bits per heavy atom. The van der Waals surface area contributed by atoms with Crippen LogP contribution < -0.4 is 11.1 Å². The number of nitrogens with one attached hydrogen (secondary N) is 2. The fourth-order valence-electron chi connectivity index (χ4n) is 1.12. The predicted octanol–water partition coefficient (Wildman–Crippen LogP) is 0.682. The first kappa shape index (κ1) is 10.1. The molecule has 2 rings (SSSR count). The van der Waals surface area contributed by atoms with Crippen molar-refractivity contribution in [1.29, 1.82) is 0 Å². The first-order valence-electron chi connectivity index (χ1n) is 3.96. The summed E-state index contributed by atoms with van der Waals surface area (Å²) in [5.41, 5.74) is 5.94. The molecule has 0 atom stereocenters. The Hall–Kier alpha value is -1.41. The van der Waals surface area contributed by atoms with Crippen molar-refractivity contribution < 1.29 is 9.59 Å². The highest BCUT2D eigenvalue weighted by Crippen LogP contribution is 2.32. The number of H-pyrrole nitrogens is 1. The molecule has 0 saturated heterocycles. The predicted molar refractivity (Wildman–Crippen MR) is 57.9 cm³/mol. The van der Waals surface area contributed by atoms with Crippen LogP contribution >= 0.6 is 24.0 Å². The van der Waals surface area contributed by atoms with Crippen molar-refractivity contribution in [3.8, 4) is 0 Å². The molecule has 0 saturated carbocycles. The summed E-state index contributed by atoms with van der Waals surface area (Å²) in [4.78, 5) is 29.0. The van der Waals surface area contributed by atoms with Crippen LogP contribution in [0.1, 0.15) is 6.42 Å². The smallest absolute Gasteiger partial charge is 0.232 e. The zero-order valence-electron chi connectivity index (χ0n) is 7.36. The minimum atomic E-state index is -0.398. The second-order valence-electron chi connectivity index (χ2n) is 2.83. The number of nitrogens with zero attached hydrogens (tertiary/aromatic N) is 1. The minimum Gasteiger partial charge on any atom is -0.383 e. The van der Waals surface area contributed by atoms with E-state index in [1.165, 1.54) is 0 Å². The van der Waals surface area contributed by atoms with Gasteiger partial charge in [0.05, 0.1) is 6.42 Å². The SMILES string of the molecule is Nc1[nH]c(=S)nc2c1NC(=O)CC(=O)S2. The summed E-state index contributed by atoms with van der Waals surface area (Å²) in [6.07, 6.45) is -0.187. The molecule has 15 heavy (non-hydrogen) atoms. The lowest BCUT2D eigenvalue weighted by Crippen LogP contribution is -2.14. The van der Waals surface area contributed by atoms with Gasteiger partial charge in [0.1, 0.15) is 16.5 Å². The number of rotatable bonds is 0. The maximum atomic E-state index is 11.3. The average molecular weight is 242 g/mol. The van der Waals surface area contributed by atoms with Crippen molar-refractivity contribution in [2.24, 2.45) is 0 Å². The molecule has 1 aromatic rings. The van der Waals surface area contributed by atoms with Crippen molar-refractivity contribution in [3.05, 3.63) is 4.77 Å². The van der Waals surface area contributed by atoms with Crippen LogP contribution in [0.5, 0.6) is 0 Å². The van der Waals surface area contributed by atoms with Crippen LogP contribution in [0.2, 0.25) is 0 Å². The maximum absolute atomic E-state index is 11.3. The van der Waals surface area contributed by atoms with Crippen molar-refractivity contribution in [2.75, 3.05) is 11.1 Å². The fourth-order valence-corrected chi connectivity index (χ4v) is 2.20. The summed E-state index contributed by atoms with van der Waals surface area (Å²) < 4.78 is 0.183. The van der Waals surface area contributed by atoms with Gasteiger partial charge in [-0.1, -0.05) is 0 Å². The molecule has 0 spiro atoms. The second kappa shape index (κ2) is 3.63. The number of aromatic nitrogens is 2. The third-order valence-electron chi connectivity index (χ3n) is 1.71. The van der Waals surface area contributed by atoms with Crippen LogP contribution in [0.25, 0.3) is 0 Å². The van der Waals surface area contributed by atoms with Crippen LogP contribution in [0.4, 0.5) is 11.5 Å². The number of carbonyl (C=O) groups is 2. The highest BCUT2D eigenvalue weighted by Gasteiger charge is 2.22. The van der Waals surface area contributed by atoms with Gasteiger partial charge in [0, 0.05) is 0 Å². The Balaban J connectivity index is 2.60. The van der Waals surface area contributed by atoms with Gasteiger partial charge >= 0.3 is 0 Å². The number of hydrogen-bond acceptors (Lipinski definition) is 6. The van der Waals surface area contributed by atoms with Crippen molar-refractivity contribution >= 4 is 46.5 Å². The third-order valence-corrected chi connectivity index (χ3v) is 2.76. The molecule has 8 heteroatoms. The van der Waals surface area contributed by atoms with Crippen molar-refractivity contribution in [1.82, 2.24) is 9.97 Å². The lowest BCUT2D eigenvalue weighted by molar-refractivity contribution is -0.121. The molecular formula is C7H6N4O2S2. The summed E-state index contributed by atoms with van der Waals surface area (Å²) in [6.45, 7) is 0. The Labute approximate surface area is 93.7 Å². The number of amides is 1. The number of anilines is 2. The molecule has 0 bridgehead atoms. The number of aromatic amines is 1. The van der Waals surface area contributed by atoms with Gasteiger partial charge in [-0.3, -0.25) is 9.59 Å². The van der Waals surface area contributed by atoms with Gasteiger partial charge in [-0.05, 0) is 24.0 Å². The van der Waals surface area contributed by atoms with Crippen LogP contribution in [0.3, 0.4) is 0 Å². The van der Waals surface area contributed by atoms with Crippen LogP contribution in [0, 0.1) is 4.77 Å². The van der Waals surface area contributed by atoms with Crippen molar-refractivity contribution in [2.45, 2.75) is 11.4 Å². The first-order valence-corrected chi connectivity index (χ1v) is 5.19. The molecule has 2 heterocycles. The van der Waals surface area contributed by atoms with E-state index in [0.29, 0.717) is 10.7 Å². The van der Waals surface area contributed by atoms with Crippen molar-refractivity contribution in [3.63, 3.8) is 0 Å². The lowest BCUT2D eigenvalue weighted by Gasteiger charge is -2.06. The summed E-state index contributed by atoms with van der Waals surface area (Å²) in [5.74, 6) is -0.189. The molecule has 4 N–H and O–H groups in total. The Morgan fingerprint density at radius 1 is 1.47 bits per heavy atom. The maximum Gasteiger partial charge on any atom is 0.232 e. The van der Waals surface area contributed by atoms with E-state index in [9.17, 15) is 9.59 Å². The Kier molecular flexibility index (Phi) is 2.45. The normalized spacial score (nSPS) is 15.5. The number of thioether (sulfide) groups is 1. The molecule has 0 fully saturated rings. The Bertz CT molecular complexity index is 510. The van der Waals surface area contributed by atoms with Crippen LogP contribution in [-0.2, 0) is 9.59 Å². The van der Waals surface area contributed by atoms with E-state index < -0.39 is 5.91 Å². The fraction of sp³-hybridized carbons (Fsp3) is 0.143. The van der Waals surface area contributed by atoms with E-state index >= 15 is 0 Å². The summed E-state index contributed by atoms with van der Waals surface area (Å²) >= 11 is 5.68.